The number of nitrogens with zero attached hydrogens (tertiary/aromatic N) is 2. The summed E-state index contributed by atoms with van der Waals surface area (Å²) in [5.74, 6) is -0.205. The molecule has 1 unspecified atom stereocenters. The maximum Gasteiger partial charge on any atom is 0.278 e. The predicted octanol–water partition coefficient (Wildman–Crippen LogP) is 2.06. The van der Waals surface area contributed by atoms with Crippen LogP contribution in [0.25, 0.3) is 0 Å². The molecule has 1 atom stereocenters. The Morgan fingerprint density at radius 2 is 2.00 bits per heavy atom. The summed E-state index contributed by atoms with van der Waals surface area (Å²) in [6.45, 7) is 0.857. The Hall–Kier alpha value is -1.93. The zero-order valence-corrected chi connectivity index (χ0v) is 14.9. The van der Waals surface area contributed by atoms with Crippen molar-refractivity contribution in [1.82, 2.24) is 4.90 Å². The number of carbonyl (C=O) groups is 1. The van der Waals surface area contributed by atoms with Gasteiger partial charge in [-0.05, 0) is 18.9 Å². The van der Waals surface area contributed by atoms with Gasteiger partial charge < -0.3 is 9.80 Å². The second kappa shape index (κ2) is 7.53. The van der Waals surface area contributed by atoms with E-state index < -0.39 is 5.54 Å². The molecule has 0 saturated heterocycles. The number of likely N-dealkylation sites (N-methyl/N-ethyl adjacent to an activating group) is 1. The molecule has 0 bridgehead atoms. The summed E-state index contributed by atoms with van der Waals surface area (Å²) >= 11 is 0. The summed E-state index contributed by atoms with van der Waals surface area (Å²) in [7, 11) is 1.77. The van der Waals surface area contributed by atoms with Crippen LogP contribution in [0.4, 0.5) is 4.39 Å². The second-order valence-corrected chi connectivity index (χ2v) is 7.53. The van der Waals surface area contributed by atoms with Crippen LogP contribution in [0.2, 0.25) is 0 Å². The largest absolute Gasteiger partial charge is 0.322 e. The summed E-state index contributed by atoms with van der Waals surface area (Å²) in [6.07, 6.45) is 6.83. The molecule has 1 amide bonds. The van der Waals surface area contributed by atoms with Crippen molar-refractivity contribution in [3.05, 3.63) is 35.6 Å². The van der Waals surface area contributed by atoms with Gasteiger partial charge >= 0.3 is 0 Å². The van der Waals surface area contributed by atoms with Crippen molar-refractivity contribution in [3.63, 3.8) is 0 Å². The molecule has 3 rings (SSSR count). The Balaban J connectivity index is 1.68. The van der Waals surface area contributed by atoms with E-state index in [1.807, 2.05) is 6.07 Å². The van der Waals surface area contributed by atoms with E-state index in [9.17, 15) is 14.4 Å². The molecule has 1 aromatic rings. The minimum atomic E-state index is -0.651. The van der Waals surface area contributed by atoms with Crippen LogP contribution in [0, 0.1) is 17.1 Å². The number of rotatable bonds is 6. The number of quaternary nitrogens is 1. The Morgan fingerprint density at radius 1 is 1.32 bits per heavy atom. The molecular formula is C20H27FN3O+. The molecular weight excluding hydrogens is 317 g/mol. The van der Waals surface area contributed by atoms with Gasteiger partial charge in [-0.25, -0.2) is 4.39 Å². The van der Waals surface area contributed by atoms with Crippen LogP contribution >= 0.6 is 0 Å². The first-order valence-corrected chi connectivity index (χ1v) is 9.31. The summed E-state index contributed by atoms with van der Waals surface area (Å²) in [4.78, 5) is 15.7. The third-order valence-electron chi connectivity index (χ3n) is 5.81. The van der Waals surface area contributed by atoms with Gasteiger partial charge in [-0.15, -0.1) is 0 Å². The molecule has 1 aromatic carbocycles. The third kappa shape index (κ3) is 4.01. The van der Waals surface area contributed by atoms with E-state index in [0.717, 1.165) is 49.8 Å². The third-order valence-corrected chi connectivity index (χ3v) is 5.81. The zero-order valence-electron chi connectivity index (χ0n) is 14.9. The van der Waals surface area contributed by atoms with E-state index in [0.29, 0.717) is 24.7 Å². The summed E-state index contributed by atoms with van der Waals surface area (Å²) in [5, 5.41) is 9.69. The smallest absolute Gasteiger partial charge is 0.278 e. The minimum Gasteiger partial charge on any atom is -0.322 e. The number of carbonyl (C=O) groups excluding carboxylic acids is 1. The van der Waals surface area contributed by atoms with Crippen LogP contribution in [0.15, 0.2) is 24.3 Å². The normalized spacial score (nSPS) is 20.5. The highest BCUT2D eigenvalue weighted by Gasteiger charge is 2.41. The predicted molar refractivity (Wildman–Crippen MR) is 93.2 cm³/mol. The van der Waals surface area contributed by atoms with Crippen molar-refractivity contribution < 1.29 is 14.1 Å². The van der Waals surface area contributed by atoms with Crippen LogP contribution in [0.1, 0.15) is 50.5 Å². The van der Waals surface area contributed by atoms with Crippen molar-refractivity contribution in [3.8, 4) is 6.07 Å². The molecule has 0 heterocycles. The highest BCUT2D eigenvalue weighted by Crippen LogP contribution is 2.32. The molecule has 1 N–H and O–H groups in total. The summed E-state index contributed by atoms with van der Waals surface area (Å²) < 4.78 is 14.0. The van der Waals surface area contributed by atoms with E-state index >= 15 is 0 Å². The molecule has 0 spiro atoms. The molecule has 134 valence electrons. The Kier molecular flexibility index (Phi) is 5.39. The fraction of sp³-hybridized carbons (Fsp3) is 0.600. The highest BCUT2D eigenvalue weighted by atomic mass is 19.1. The van der Waals surface area contributed by atoms with Crippen molar-refractivity contribution in [2.45, 2.75) is 63.1 Å². The SMILES string of the molecule is CN(C(=O)C[NH+](Cc1ccccc1F)C1CC1)C1(C#N)CCCCC1. The van der Waals surface area contributed by atoms with E-state index in [-0.39, 0.29) is 11.7 Å². The van der Waals surface area contributed by atoms with Gasteiger partial charge in [-0.3, -0.25) is 4.79 Å². The molecule has 0 aliphatic heterocycles. The average molecular weight is 344 g/mol. The monoisotopic (exact) mass is 344 g/mol. The lowest BCUT2D eigenvalue weighted by molar-refractivity contribution is -0.917. The quantitative estimate of drug-likeness (QED) is 0.859. The number of benzene rings is 1. The van der Waals surface area contributed by atoms with Crippen molar-refractivity contribution in [1.29, 1.82) is 5.26 Å². The van der Waals surface area contributed by atoms with Crippen molar-refractivity contribution in [2.75, 3.05) is 13.6 Å². The maximum absolute atomic E-state index is 14.0. The fourth-order valence-electron chi connectivity index (χ4n) is 3.94. The second-order valence-electron chi connectivity index (χ2n) is 7.53. The Bertz CT molecular complexity index is 659. The van der Waals surface area contributed by atoms with Gasteiger partial charge in [-0.2, -0.15) is 5.26 Å². The zero-order chi connectivity index (χ0) is 17.9. The molecule has 2 aliphatic rings. The van der Waals surface area contributed by atoms with Gasteiger partial charge in [0.1, 0.15) is 17.9 Å². The lowest BCUT2D eigenvalue weighted by Crippen LogP contribution is -3.13. The highest BCUT2D eigenvalue weighted by molar-refractivity contribution is 5.78. The Morgan fingerprint density at radius 3 is 2.60 bits per heavy atom. The van der Waals surface area contributed by atoms with Crippen molar-refractivity contribution in [2.24, 2.45) is 0 Å². The van der Waals surface area contributed by atoms with Crippen molar-refractivity contribution >= 4 is 5.91 Å². The van der Waals surface area contributed by atoms with Gasteiger partial charge in [0, 0.05) is 25.5 Å². The Labute approximate surface area is 149 Å². The summed E-state index contributed by atoms with van der Waals surface area (Å²) in [6, 6.07) is 9.64. The molecule has 25 heavy (non-hydrogen) atoms. The molecule has 0 aromatic heterocycles. The first kappa shape index (κ1) is 17.9. The van der Waals surface area contributed by atoms with Crippen LogP contribution in [-0.4, -0.2) is 36.0 Å². The van der Waals surface area contributed by atoms with E-state index in [1.54, 1.807) is 24.1 Å². The number of nitriles is 1. The lowest BCUT2D eigenvalue weighted by Gasteiger charge is -2.39. The van der Waals surface area contributed by atoms with Gasteiger partial charge in [-0.1, -0.05) is 37.5 Å². The number of nitrogens with one attached hydrogen (secondary N) is 1. The first-order valence-electron chi connectivity index (χ1n) is 9.31. The molecule has 2 fully saturated rings. The molecule has 4 nitrogen and oxygen atoms in total. The molecule has 2 aliphatic carbocycles. The van der Waals surface area contributed by atoms with Gasteiger partial charge in [0.2, 0.25) is 0 Å². The average Bonchev–Trinajstić information content (AvgIpc) is 3.48. The van der Waals surface area contributed by atoms with Crippen LogP contribution in [0.5, 0.6) is 0 Å². The first-order chi connectivity index (χ1) is 12.1. The van der Waals surface area contributed by atoms with Crippen LogP contribution in [-0.2, 0) is 11.3 Å². The number of halogens is 1. The molecule has 0 radical (unpaired) electrons. The van der Waals surface area contributed by atoms with E-state index in [2.05, 4.69) is 6.07 Å². The van der Waals surface area contributed by atoms with E-state index in [1.165, 1.54) is 6.07 Å². The van der Waals surface area contributed by atoms with Gasteiger partial charge in [0.15, 0.2) is 6.54 Å². The molecule has 2 saturated carbocycles. The maximum atomic E-state index is 14.0. The molecule has 5 heteroatoms. The summed E-state index contributed by atoms with van der Waals surface area (Å²) in [5.41, 5.74) is 0.00893. The lowest BCUT2D eigenvalue weighted by atomic mass is 9.81. The number of hydrogen-bond donors (Lipinski definition) is 1. The van der Waals surface area contributed by atoms with Crippen LogP contribution in [0.3, 0.4) is 0 Å². The minimum absolute atomic E-state index is 0.00156. The number of hydrogen-bond acceptors (Lipinski definition) is 2. The van der Waals surface area contributed by atoms with E-state index in [4.69, 9.17) is 0 Å². The van der Waals surface area contributed by atoms with Crippen LogP contribution < -0.4 is 4.90 Å². The fourth-order valence-corrected chi connectivity index (χ4v) is 3.94. The topological polar surface area (TPSA) is 48.5 Å². The standard InChI is InChI=1S/C20H26FN3O/c1-23(20(15-22)11-5-2-6-12-20)19(25)14-24(17-9-10-17)13-16-7-3-4-8-18(16)21/h3-4,7-8,17H,2,5-6,9-14H2,1H3/p+1. The number of amides is 1. The van der Waals surface area contributed by atoms with Gasteiger partial charge in [0.25, 0.3) is 5.91 Å². The van der Waals surface area contributed by atoms with Gasteiger partial charge in [0.05, 0.1) is 12.1 Å².